The first-order valence-corrected chi connectivity index (χ1v) is 14.9. The van der Waals surface area contributed by atoms with Gasteiger partial charge in [0.2, 0.25) is 0 Å². The Morgan fingerprint density at radius 2 is 2.02 bits per heavy atom. The Bertz CT molecular complexity index is 1570. The van der Waals surface area contributed by atoms with E-state index in [0.717, 1.165) is 25.8 Å². The second kappa shape index (κ2) is 10.3. The fraction of sp³-hybridized carbons (Fsp3) is 0.516. The molecular formula is C31H35F2N5O4. The third-order valence-electron chi connectivity index (χ3n) is 9.41. The van der Waals surface area contributed by atoms with Gasteiger partial charge in [-0.05, 0) is 61.7 Å². The number of phenolic OH excluding ortho intramolecular Hbond substituents is 1. The summed E-state index contributed by atoms with van der Waals surface area (Å²) >= 11 is 0. The van der Waals surface area contributed by atoms with Crippen molar-refractivity contribution in [1.82, 2.24) is 14.9 Å². The second-order valence-corrected chi connectivity index (χ2v) is 12.1. The molecule has 222 valence electrons. The molecule has 0 radical (unpaired) electrons. The van der Waals surface area contributed by atoms with E-state index in [9.17, 15) is 23.8 Å². The molecule has 3 aromatic rings. The molecule has 11 heteroatoms. The van der Waals surface area contributed by atoms with Gasteiger partial charge in [-0.1, -0.05) is 13.0 Å². The number of benzene rings is 2. The SMILES string of the molecule is CCc1c(F)ccc2cc(O)cc(N3Cc4nc(OC[C@@]56CCCN5C[C@H](F)C6)nc(N5CCCC(O)C5)c4C3=O)c12. The van der Waals surface area contributed by atoms with Crippen LogP contribution in [0.15, 0.2) is 24.3 Å². The zero-order valence-electron chi connectivity index (χ0n) is 23.7. The number of phenols is 1. The summed E-state index contributed by atoms with van der Waals surface area (Å²) < 4.78 is 35.5. The summed E-state index contributed by atoms with van der Waals surface area (Å²) in [4.78, 5) is 29.1. The van der Waals surface area contributed by atoms with Crippen molar-refractivity contribution >= 4 is 28.2 Å². The molecule has 3 atom stereocenters. The molecule has 1 amide bonds. The fourth-order valence-corrected chi connectivity index (χ4v) is 7.48. The number of ether oxygens (including phenoxy) is 1. The number of nitrogens with zero attached hydrogens (tertiary/aromatic N) is 5. The molecule has 0 aliphatic carbocycles. The quantitative estimate of drug-likeness (QED) is 0.450. The van der Waals surface area contributed by atoms with Crippen LogP contribution in [0.25, 0.3) is 10.8 Å². The summed E-state index contributed by atoms with van der Waals surface area (Å²) in [6, 6.07) is 6.14. The maximum absolute atomic E-state index is 14.9. The van der Waals surface area contributed by atoms with Gasteiger partial charge in [0.05, 0.1) is 29.6 Å². The second-order valence-electron chi connectivity index (χ2n) is 12.1. The van der Waals surface area contributed by atoms with Crippen LogP contribution >= 0.6 is 0 Å². The number of halogens is 2. The van der Waals surface area contributed by atoms with Crippen LogP contribution in [-0.4, -0.2) is 81.6 Å². The topological polar surface area (TPSA) is 102 Å². The highest BCUT2D eigenvalue weighted by molar-refractivity contribution is 6.16. The smallest absolute Gasteiger partial charge is 0.318 e. The molecule has 9 nitrogen and oxygen atoms in total. The minimum Gasteiger partial charge on any atom is -0.508 e. The van der Waals surface area contributed by atoms with Crippen molar-refractivity contribution in [3.8, 4) is 11.8 Å². The molecule has 7 rings (SSSR count). The number of aryl methyl sites for hydroxylation is 1. The number of aromatic hydroxyl groups is 1. The molecule has 4 aliphatic heterocycles. The molecule has 42 heavy (non-hydrogen) atoms. The first kappa shape index (κ1) is 27.3. The van der Waals surface area contributed by atoms with Crippen LogP contribution < -0.4 is 14.5 Å². The van der Waals surface area contributed by atoms with Gasteiger partial charge in [-0.15, -0.1) is 0 Å². The number of aliphatic hydroxyl groups is 1. The number of rotatable bonds is 6. The van der Waals surface area contributed by atoms with E-state index in [4.69, 9.17) is 9.72 Å². The van der Waals surface area contributed by atoms with Gasteiger partial charge in [0.15, 0.2) is 0 Å². The fourth-order valence-electron chi connectivity index (χ4n) is 7.48. The monoisotopic (exact) mass is 579 g/mol. The zero-order valence-corrected chi connectivity index (χ0v) is 23.7. The molecule has 2 aromatic carbocycles. The average molecular weight is 580 g/mol. The molecule has 0 saturated carbocycles. The Hall–Kier alpha value is -3.57. The Labute approximate surface area is 242 Å². The summed E-state index contributed by atoms with van der Waals surface area (Å²) in [5.41, 5.74) is 1.25. The van der Waals surface area contributed by atoms with E-state index >= 15 is 0 Å². The summed E-state index contributed by atoms with van der Waals surface area (Å²) in [6.07, 6.45) is 2.60. The predicted octanol–water partition coefficient (Wildman–Crippen LogP) is 4.11. The first-order chi connectivity index (χ1) is 20.3. The minimum absolute atomic E-state index is 0.0347. The first-order valence-electron chi connectivity index (χ1n) is 14.9. The van der Waals surface area contributed by atoms with E-state index in [1.807, 2.05) is 11.8 Å². The van der Waals surface area contributed by atoms with Crippen LogP contribution in [0.1, 0.15) is 60.6 Å². The van der Waals surface area contributed by atoms with Crippen LogP contribution in [0.3, 0.4) is 0 Å². The van der Waals surface area contributed by atoms with Crippen LogP contribution in [0.5, 0.6) is 11.8 Å². The van der Waals surface area contributed by atoms with Gasteiger partial charge >= 0.3 is 6.01 Å². The Balaban J connectivity index is 1.29. The number of hydrogen-bond acceptors (Lipinski definition) is 8. The maximum atomic E-state index is 14.9. The molecule has 4 aliphatic rings. The Morgan fingerprint density at radius 3 is 2.83 bits per heavy atom. The van der Waals surface area contributed by atoms with Gasteiger partial charge in [0.25, 0.3) is 5.91 Å². The van der Waals surface area contributed by atoms with Crippen molar-refractivity contribution in [3.63, 3.8) is 0 Å². The molecule has 3 fully saturated rings. The van der Waals surface area contributed by atoms with Crippen molar-refractivity contribution < 1.29 is 28.5 Å². The summed E-state index contributed by atoms with van der Waals surface area (Å²) in [5, 5.41) is 22.2. The van der Waals surface area contributed by atoms with Crippen molar-refractivity contribution in [2.75, 3.05) is 42.6 Å². The predicted molar refractivity (Wildman–Crippen MR) is 153 cm³/mol. The van der Waals surface area contributed by atoms with E-state index < -0.39 is 12.3 Å². The highest BCUT2D eigenvalue weighted by Gasteiger charge is 2.49. The lowest BCUT2D eigenvalue weighted by Gasteiger charge is -2.33. The van der Waals surface area contributed by atoms with E-state index in [1.54, 1.807) is 12.1 Å². The van der Waals surface area contributed by atoms with Crippen LogP contribution in [0.4, 0.5) is 20.3 Å². The number of carbonyl (C=O) groups is 1. The number of amides is 1. The number of aliphatic hydroxyl groups excluding tert-OH is 1. The van der Waals surface area contributed by atoms with Crippen molar-refractivity contribution in [3.05, 3.63) is 46.9 Å². The van der Waals surface area contributed by atoms with Gasteiger partial charge < -0.3 is 24.7 Å². The van der Waals surface area contributed by atoms with Gasteiger partial charge in [0.1, 0.15) is 35.7 Å². The molecule has 0 spiro atoms. The standard InChI is InChI=1S/C31H35F2N5O4/c1-2-22-23(33)7-6-18-11-21(40)12-25(26(18)22)38-16-24-27(29(38)41)28(36-9-3-5-20(39)15-36)35-30(34-24)42-17-31-8-4-10-37(31)14-19(32)13-31/h6-7,11-12,19-20,39-40H,2-5,8-10,13-17H2,1H3/t19-,20?,31+/m1/s1. The van der Waals surface area contributed by atoms with E-state index in [1.165, 1.54) is 17.0 Å². The number of piperidine rings is 1. The van der Waals surface area contributed by atoms with Gasteiger partial charge in [0, 0.05) is 37.5 Å². The van der Waals surface area contributed by atoms with E-state index in [2.05, 4.69) is 9.88 Å². The lowest BCUT2D eigenvalue weighted by atomic mass is 9.95. The van der Waals surface area contributed by atoms with E-state index in [0.29, 0.717) is 78.0 Å². The van der Waals surface area contributed by atoms with Crippen LogP contribution in [0.2, 0.25) is 0 Å². The summed E-state index contributed by atoms with van der Waals surface area (Å²) in [7, 11) is 0. The molecule has 1 unspecified atom stereocenters. The summed E-state index contributed by atoms with van der Waals surface area (Å²) in [6.45, 7) is 4.36. The highest BCUT2D eigenvalue weighted by Crippen LogP contribution is 2.43. The third kappa shape index (κ3) is 4.44. The van der Waals surface area contributed by atoms with Crippen LogP contribution in [-0.2, 0) is 13.0 Å². The largest absolute Gasteiger partial charge is 0.508 e. The Morgan fingerprint density at radius 1 is 1.17 bits per heavy atom. The maximum Gasteiger partial charge on any atom is 0.318 e. The van der Waals surface area contributed by atoms with Gasteiger partial charge in [-0.2, -0.15) is 9.97 Å². The number of β-amino-alcohol motifs (C(OH)–C–C–N with tert-alkyl or cyclic N) is 1. The minimum atomic E-state index is -0.888. The van der Waals surface area contributed by atoms with Gasteiger partial charge in [-0.25, -0.2) is 8.78 Å². The van der Waals surface area contributed by atoms with Crippen LogP contribution in [0, 0.1) is 5.82 Å². The van der Waals surface area contributed by atoms with Gasteiger partial charge in [-0.3, -0.25) is 9.69 Å². The molecule has 2 N–H and O–H groups in total. The number of carbonyl (C=O) groups excluding carboxylic acids is 1. The average Bonchev–Trinajstić information content (AvgIpc) is 3.60. The molecule has 1 aromatic heterocycles. The van der Waals surface area contributed by atoms with Crippen molar-refractivity contribution in [2.24, 2.45) is 0 Å². The molecule has 0 bridgehead atoms. The zero-order chi connectivity index (χ0) is 29.2. The number of hydrogen-bond donors (Lipinski definition) is 2. The summed E-state index contributed by atoms with van der Waals surface area (Å²) in [5.74, 6) is -0.375. The number of alkyl halides is 1. The highest BCUT2D eigenvalue weighted by atomic mass is 19.1. The lowest BCUT2D eigenvalue weighted by molar-refractivity contribution is 0.0994. The molecule has 5 heterocycles. The normalized spacial score (nSPS) is 25.9. The molecule has 3 saturated heterocycles. The molecular weight excluding hydrogens is 544 g/mol. The third-order valence-corrected chi connectivity index (χ3v) is 9.41. The lowest BCUT2D eigenvalue weighted by Crippen LogP contribution is -2.43. The van der Waals surface area contributed by atoms with Crippen molar-refractivity contribution in [1.29, 1.82) is 0 Å². The number of anilines is 2. The number of fused-ring (bicyclic) bond motifs is 3. The van der Waals surface area contributed by atoms with Crippen molar-refractivity contribution in [2.45, 2.75) is 69.8 Å². The van der Waals surface area contributed by atoms with E-state index in [-0.39, 0.29) is 42.2 Å². The number of aromatic nitrogens is 2. The Kier molecular flexibility index (Phi) is 6.69.